The van der Waals surface area contributed by atoms with Crippen molar-refractivity contribution >= 4 is 17.4 Å². The van der Waals surface area contributed by atoms with Crippen LogP contribution in [0.2, 0.25) is 0 Å². The molecular formula is C20H21NO3. The molecule has 0 atom stereocenters. The molecule has 0 bridgehead atoms. The fourth-order valence-electron chi connectivity index (χ4n) is 2.80. The van der Waals surface area contributed by atoms with E-state index in [1.54, 1.807) is 23.1 Å². The van der Waals surface area contributed by atoms with Crippen molar-refractivity contribution in [3.8, 4) is 5.75 Å². The highest BCUT2D eigenvalue weighted by Crippen LogP contribution is 2.34. The third kappa shape index (κ3) is 3.32. The number of nitrogens with zero attached hydrogens (tertiary/aromatic N) is 1. The Balaban J connectivity index is 1.93. The molecule has 0 spiro atoms. The molecule has 124 valence electrons. The number of ketones is 1. The van der Waals surface area contributed by atoms with E-state index >= 15 is 0 Å². The van der Waals surface area contributed by atoms with Gasteiger partial charge in [-0.05, 0) is 37.1 Å². The van der Waals surface area contributed by atoms with E-state index in [1.165, 1.54) is 5.56 Å². The highest BCUT2D eigenvalue weighted by Gasteiger charge is 2.26. The summed E-state index contributed by atoms with van der Waals surface area (Å²) in [6.07, 6.45) is 1.31. The molecule has 0 saturated carbocycles. The average molecular weight is 323 g/mol. The van der Waals surface area contributed by atoms with Crippen LogP contribution in [-0.2, 0) is 11.3 Å². The van der Waals surface area contributed by atoms with Crippen LogP contribution in [0.5, 0.6) is 5.75 Å². The van der Waals surface area contributed by atoms with Crippen molar-refractivity contribution in [2.75, 3.05) is 11.5 Å². The smallest absolute Gasteiger partial charge is 0.265 e. The normalized spacial score (nSPS) is 13.4. The number of hydrogen-bond donors (Lipinski definition) is 0. The summed E-state index contributed by atoms with van der Waals surface area (Å²) in [5.74, 6) is 0.645. The Hall–Kier alpha value is -2.62. The first kappa shape index (κ1) is 16.2. The minimum absolute atomic E-state index is 0.0289. The lowest BCUT2D eigenvalue weighted by Crippen LogP contribution is -2.38. The molecule has 2 aromatic rings. The van der Waals surface area contributed by atoms with Crippen molar-refractivity contribution in [2.24, 2.45) is 0 Å². The Morgan fingerprint density at radius 2 is 1.92 bits per heavy atom. The van der Waals surface area contributed by atoms with Gasteiger partial charge in [-0.1, -0.05) is 36.8 Å². The molecule has 0 aliphatic carbocycles. The Labute approximate surface area is 142 Å². The van der Waals surface area contributed by atoms with Crippen LogP contribution >= 0.6 is 0 Å². The monoisotopic (exact) mass is 323 g/mol. The number of rotatable bonds is 5. The second-order valence-corrected chi connectivity index (χ2v) is 6.11. The van der Waals surface area contributed by atoms with Crippen LogP contribution < -0.4 is 9.64 Å². The van der Waals surface area contributed by atoms with Gasteiger partial charge in [0, 0.05) is 12.0 Å². The third-order valence-corrected chi connectivity index (χ3v) is 4.16. The summed E-state index contributed by atoms with van der Waals surface area (Å²) in [7, 11) is 0. The van der Waals surface area contributed by atoms with Crippen molar-refractivity contribution in [1.29, 1.82) is 0 Å². The Kier molecular flexibility index (Phi) is 4.65. The van der Waals surface area contributed by atoms with Gasteiger partial charge in [-0.25, -0.2) is 0 Å². The second-order valence-electron chi connectivity index (χ2n) is 6.11. The lowest BCUT2D eigenvalue weighted by Gasteiger charge is -2.30. The van der Waals surface area contributed by atoms with Crippen molar-refractivity contribution in [2.45, 2.75) is 33.2 Å². The number of amides is 1. The zero-order valence-electron chi connectivity index (χ0n) is 14.0. The molecule has 0 saturated heterocycles. The molecule has 0 fully saturated rings. The van der Waals surface area contributed by atoms with Crippen LogP contribution in [-0.4, -0.2) is 18.3 Å². The standard InChI is InChI=1S/C20H21NO3/c1-3-4-18(22)16-9-10-19-17(11-16)21(20(23)13-24-19)12-15-7-5-14(2)6-8-15/h5-11H,3-4,12-13H2,1-2H3. The van der Waals surface area contributed by atoms with Crippen molar-refractivity contribution in [3.05, 3.63) is 59.2 Å². The molecule has 4 heteroatoms. The number of hydrogen-bond acceptors (Lipinski definition) is 3. The quantitative estimate of drug-likeness (QED) is 0.784. The molecule has 1 aliphatic rings. The SMILES string of the molecule is CCCC(=O)c1ccc2c(c1)N(Cc1ccc(C)cc1)C(=O)CO2. The highest BCUT2D eigenvalue weighted by molar-refractivity contribution is 6.01. The maximum Gasteiger partial charge on any atom is 0.265 e. The van der Waals surface area contributed by atoms with Gasteiger partial charge >= 0.3 is 0 Å². The van der Waals surface area contributed by atoms with Crippen molar-refractivity contribution in [3.63, 3.8) is 0 Å². The van der Waals surface area contributed by atoms with Gasteiger partial charge in [-0.2, -0.15) is 0 Å². The first-order valence-electron chi connectivity index (χ1n) is 8.24. The first-order valence-corrected chi connectivity index (χ1v) is 8.24. The lowest BCUT2D eigenvalue weighted by atomic mass is 10.0. The number of Topliss-reactive ketones (excluding diaryl/α,β-unsaturated/α-hetero) is 1. The van der Waals surface area contributed by atoms with E-state index in [0.29, 0.717) is 30.0 Å². The summed E-state index contributed by atoms with van der Waals surface area (Å²) in [5.41, 5.74) is 3.53. The molecule has 4 nitrogen and oxygen atoms in total. The maximum atomic E-state index is 12.4. The van der Waals surface area contributed by atoms with E-state index in [9.17, 15) is 9.59 Å². The number of benzene rings is 2. The summed E-state index contributed by atoms with van der Waals surface area (Å²) in [5, 5.41) is 0. The Bertz CT molecular complexity index is 765. The van der Waals surface area contributed by atoms with Crippen LogP contribution in [0.4, 0.5) is 5.69 Å². The van der Waals surface area contributed by atoms with Gasteiger partial charge in [0.05, 0.1) is 12.2 Å². The van der Waals surface area contributed by atoms with Crippen LogP contribution in [0.1, 0.15) is 41.3 Å². The minimum Gasteiger partial charge on any atom is -0.482 e. The number of aryl methyl sites for hydroxylation is 1. The van der Waals surface area contributed by atoms with Gasteiger partial charge in [-0.15, -0.1) is 0 Å². The average Bonchev–Trinajstić information content (AvgIpc) is 2.59. The molecule has 0 N–H and O–H groups in total. The number of ether oxygens (including phenoxy) is 1. The molecule has 1 aliphatic heterocycles. The molecule has 1 heterocycles. The first-order chi connectivity index (χ1) is 11.6. The van der Waals surface area contributed by atoms with Gasteiger partial charge in [-0.3, -0.25) is 9.59 Å². The van der Waals surface area contributed by atoms with E-state index in [0.717, 1.165) is 12.0 Å². The molecule has 3 rings (SSSR count). The predicted octanol–water partition coefficient (Wildman–Crippen LogP) is 3.90. The number of anilines is 1. The van der Waals surface area contributed by atoms with E-state index in [4.69, 9.17) is 4.74 Å². The predicted molar refractivity (Wildman–Crippen MR) is 93.5 cm³/mol. The van der Waals surface area contributed by atoms with E-state index in [2.05, 4.69) is 0 Å². The van der Waals surface area contributed by atoms with Crippen molar-refractivity contribution < 1.29 is 14.3 Å². The van der Waals surface area contributed by atoms with Gasteiger partial charge in [0.2, 0.25) is 0 Å². The second kappa shape index (κ2) is 6.87. The molecule has 24 heavy (non-hydrogen) atoms. The lowest BCUT2D eigenvalue weighted by molar-refractivity contribution is -0.121. The van der Waals surface area contributed by atoms with Crippen LogP contribution in [0.15, 0.2) is 42.5 Å². The summed E-state index contributed by atoms with van der Waals surface area (Å²) in [4.78, 5) is 26.2. The Morgan fingerprint density at radius 3 is 2.62 bits per heavy atom. The zero-order chi connectivity index (χ0) is 17.1. The topological polar surface area (TPSA) is 46.6 Å². The fourth-order valence-corrected chi connectivity index (χ4v) is 2.80. The minimum atomic E-state index is -0.0943. The summed E-state index contributed by atoms with van der Waals surface area (Å²) in [6, 6.07) is 13.4. The number of fused-ring (bicyclic) bond motifs is 1. The van der Waals surface area contributed by atoms with Crippen LogP contribution in [0.25, 0.3) is 0 Å². The molecule has 0 aromatic heterocycles. The van der Waals surface area contributed by atoms with Gasteiger partial charge < -0.3 is 9.64 Å². The highest BCUT2D eigenvalue weighted by atomic mass is 16.5. The van der Waals surface area contributed by atoms with Crippen LogP contribution in [0.3, 0.4) is 0 Å². The number of carbonyl (C=O) groups excluding carboxylic acids is 2. The van der Waals surface area contributed by atoms with Crippen LogP contribution in [0, 0.1) is 6.92 Å². The molecule has 1 amide bonds. The van der Waals surface area contributed by atoms with Gasteiger partial charge in [0.15, 0.2) is 12.4 Å². The molecule has 2 aromatic carbocycles. The van der Waals surface area contributed by atoms with E-state index < -0.39 is 0 Å². The van der Waals surface area contributed by atoms with E-state index in [1.807, 2.05) is 38.1 Å². The Morgan fingerprint density at radius 1 is 1.17 bits per heavy atom. The van der Waals surface area contributed by atoms with Gasteiger partial charge in [0.1, 0.15) is 5.75 Å². The fraction of sp³-hybridized carbons (Fsp3) is 0.300. The molecular weight excluding hydrogens is 302 g/mol. The van der Waals surface area contributed by atoms with Crippen molar-refractivity contribution in [1.82, 2.24) is 0 Å². The van der Waals surface area contributed by atoms with Gasteiger partial charge in [0.25, 0.3) is 5.91 Å². The summed E-state index contributed by atoms with van der Waals surface area (Å²) < 4.78 is 5.51. The molecule has 0 unspecified atom stereocenters. The third-order valence-electron chi connectivity index (χ3n) is 4.16. The largest absolute Gasteiger partial charge is 0.482 e. The summed E-state index contributed by atoms with van der Waals surface area (Å²) >= 11 is 0. The zero-order valence-corrected chi connectivity index (χ0v) is 14.0. The summed E-state index contributed by atoms with van der Waals surface area (Å²) in [6.45, 7) is 4.51. The maximum absolute atomic E-state index is 12.4. The van der Waals surface area contributed by atoms with E-state index in [-0.39, 0.29) is 18.3 Å². The number of carbonyl (C=O) groups is 2. The molecule has 0 radical (unpaired) electrons.